The Morgan fingerprint density at radius 1 is 0.384 bits per heavy atom. The van der Waals surface area contributed by atoms with Gasteiger partial charge in [0.1, 0.15) is 0 Å². The Hall–Kier alpha value is -8.52. The van der Waals surface area contributed by atoms with Crippen LogP contribution in [0.25, 0.3) is 60.9 Å². The molecule has 3 N–H and O–H groups in total. The molecule has 0 saturated carbocycles. The maximum atomic E-state index is 3.80. The number of hydrazine groups is 1. The van der Waals surface area contributed by atoms with Gasteiger partial charge in [0, 0.05) is 63.2 Å². The summed E-state index contributed by atoms with van der Waals surface area (Å²) in [6.45, 7) is 2.11. The highest BCUT2D eigenvalue weighted by Crippen LogP contribution is 2.41. The molecule has 2 aliphatic heterocycles. The van der Waals surface area contributed by atoms with Crippen LogP contribution in [0.15, 0.2) is 255 Å². The van der Waals surface area contributed by atoms with E-state index >= 15 is 0 Å². The number of nitrogens with one attached hydrogen (secondary N) is 3. The van der Waals surface area contributed by atoms with Crippen LogP contribution in [-0.4, -0.2) is 23.7 Å². The Labute approximate surface area is 427 Å². The van der Waals surface area contributed by atoms with E-state index in [9.17, 15) is 0 Å². The van der Waals surface area contributed by atoms with Gasteiger partial charge >= 0.3 is 0 Å². The zero-order chi connectivity index (χ0) is 48.5. The lowest BCUT2D eigenvalue weighted by atomic mass is 9.82. The van der Waals surface area contributed by atoms with Crippen molar-refractivity contribution in [2.75, 3.05) is 22.9 Å². The fourth-order valence-corrected chi connectivity index (χ4v) is 11.4. The van der Waals surface area contributed by atoms with Gasteiger partial charge in [-0.25, -0.2) is 5.43 Å². The maximum absolute atomic E-state index is 3.80. The molecule has 2 aliphatic rings. The van der Waals surface area contributed by atoms with Crippen molar-refractivity contribution in [1.29, 1.82) is 0 Å². The number of aromatic nitrogens is 1. The number of para-hydroxylation sites is 4. The molecule has 2 fully saturated rings. The number of hydrogen-bond acceptors (Lipinski definition) is 5. The second-order valence-corrected chi connectivity index (χ2v) is 19.5. The molecule has 2 saturated heterocycles. The molecule has 0 spiro atoms. The van der Waals surface area contributed by atoms with Gasteiger partial charge in [-0.3, -0.25) is 5.43 Å². The highest BCUT2D eigenvalue weighted by atomic mass is 15.4. The van der Waals surface area contributed by atoms with Crippen LogP contribution in [0.5, 0.6) is 0 Å². The standard InChI is InChI=1S/C67H56N6/c1-5-15-55(16-6-1)71(56-17-7-2-8-18-56)59-37-29-49(30-38-59)52-33-41-64-62(44-52)63-45-53(34-42-65(63)73(64)58-21-11-4-12-22-58)50-31-39-61(40-32-50)72(57-19-9-3-10-20-57)60-35-27-48(28-36-60)47-23-25-51(26-24-47)67-66-54(46-69-70-67)14-13-43-68-66/h1-12,15-42,44-45,54,66-70H,13-14,43,46H2. The Kier molecular flexibility index (Phi) is 11.9. The van der Waals surface area contributed by atoms with Crippen molar-refractivity contribution in [3.05, 3.63) is 260 Å². The molecule has 6 heteroatoms. The van der Waals surface area contributed by atoms with Crippen LogP contribution in [-0.2, 0) is 0 Å². The van der Waals surface area contributed by atoms with Crippen molar-refractivity contribution in [3.8, 4) is 39.1 Å². The average Bonchev–Trinajstić information content (AvgIpc) is 3.80. The second kappa shape index (κ2) is 19.6. The molecule has 10 aromatic carbocycles. The summed E-state index contributed by atoms with van der Waals surface area (Å²) in [5.74, 6) is 0.657. The maximum Gasteiger partial charge on any atom is 0.0618 e. The number of hydrogen-bond donors (Lipinski definition) is 3. The van der Waals surface area contributed by atoms with E-state index in [-0.39, 0.29) is 6.04 Å². The van der Waals surface area contributed by atoms with Gasteiger partial charge in [-0.1, -0.05) is 146 Å². The third-order valence-electron chi connectivity index (χ3n) is 15.1. The van der Waals surface area contributed by atoms with E-state index in [2.05, 4.69) is 285 Å². The summed E-state index contributed by atoms with van der Waals surface area (Å²) in [7, 11) is 0. The zero-order valence-electron chi connectivity index (χ0n) is 40.7. The van der Waals surface area contributed by atoms with E-state index in [0.29, 0.717) is 12.0 Å². The first-order chi connectivity index (χ1) is 36.2. The average molecular weight is 945 g/mol. The Morgan fingerprint density at radius 2 is 0.767 bits per heavy atom. The summed E-state index contributed by atoms with van der Waals surface area (Å²) < 4.78 is 2.40. The quantitative estimate of drug-likeness (QED) is 0.121. The van der Waals surface area contributed by atoms with Crippen LogP contribution in [0.4, 0.5) is 34.1 Å². The van der Waals surface area contributed by atoms with E-state index in [1.807, 2.05) is 0 Å². The lowest BCUT2D eigenvalue weighted by Crippen LogP contribution is -2.60. The first-order valence-electron chi connectivity index (χ1n) is 25.7. The molecule has 73 heavy (non-hydrogen) atoms. The normalized spacial score (nSPS) is 16.5. The van der Waals surface area contributed by atoms with Gasteiger partial charge < -0.3 is 19.7 Å². The molecule has 0 bridgehead atoms. The highest BCUT2D eigenvalue weighted by molar-refractivity contribution is 6.11. The molecule has 1 aromatic heterocycles. The number of rotatable bonds is 11. The first kappa shape index (κ1) is 44.4. The molecule has 3 unspecified atom stereocenters. The van der Waals surface area contributed by atoms with E-state index in [4.69, 9.17) is 0 Å². The summed E-state index contributed by atoms with van der Waals surface area (Å²) in [6, 6.07) is 93.3. The van der Waals surface area contributed by atoms with Gasteiger partial charge in [0.2, 0.25) is 0 Å². The number of piperidine rings is 1. The van der Waals surface area contributed by atoms with Crippen molar-refractivity contribution in [2.45, 2.75) is 24.9 Å². The van der Waals surface area contributed by atoms with Gasteiger partial charge in [-0.2, -0.15) is 0 Å². The lowest BCUT2D eigenvalue weighted by molar-refractivity contribution is 0.157. The van der Waals surface area contributed by atoms with Crippen molar-refractivity contribution < 1.29 is 0 Å². The SMILES string of the molecule is c1ccc(N(c2ccccc2)c2ccc(-c3ccc4c(c3)c3cc(-c5ccc(N(c6ccccc6)c6ccc(-c7ccc(C8NNCC9CCCNC98)cc7)cc6)cc5)ccc3n4-c3ccccc3)cc2)cc1. The van der Waals surface area contributed by atoms with Crippen molar-refractivity contribution in [1.82, 2.24) is 20.7 Å². The molecular formula is C67H56N6. The minimum Gasteiger partial charge on any atom is -0.312 e. The van der Waals surface area contributed by atoms with Crippen LogP contribution in [0, 0.1) is 5.92 Å². The fourth-order valence-electron chi connectivity index (χ4n) is 11.4. The molecule has 0 amide bonds. The topological polar surface area (TPSA) is 47.5 Å². The van der Waals surface area contributed by atoms with Crippen molar-refractivity contribution in [2.24, 2.45) is 5.92 Å². The second-order valence-electron chi connectivity index (χ2n) is 19.5. The molecule has 0 radical (unpaired) electrons. The smallest absolute Gasteiger partial charge is 0.0618 e. The van der Waals surface area contributed by atoms with Gasteiger partial charge in [-0.05, 0) is 173 Å². The van der Waals surface area contributed by atoms with Gasteiger partial charge in [-0.15, -0.1) is 0 Å². The van der Waals surface area contributed by atoms with Crippen LogP contribution in [0.2, 0.25) is 0 Å². The molecule has 3 atom stereocenters. The number of benzene rings is 10. The fraction of sp³-hybridized carbons (Fsp3) is 0.104. The molecule has 0 aliphatic carbocycles. The minimum atomic E-state index is 0.257. The predicted molar refractivity (Wildman–Crippen MR) is 305 cm³/mol. The van der Waals surface area contributed by atoms with Crippen LogP contribution >= 0.6 is 0 Å². The Morgan fingerprint density at radius 3 is 1.22 bits per heavy atom. The number of fused-ring (bicyclic) bond motifs is 4. The highest BCUT2D eigenvalue weighted by Gasteiger charge is 2.35. The first-order valence-corrected chi connectivity index (χ1v) is 25.7. The molecule has 3 heterocycles. The van der Waals surface area contributed by atoms with Crippen molar-refractivity contribution >= 4 is 55.9 Å². The van der Waals surface area contributed by atoms with Gasteiger partial charge in [0.15, 0.2) is 0 Å². The third-order valence-corrected chi connectivity index (χ3v) is 15.1. The zero-order valence-corrected chi connectivity index (χ0v) is 40.7. The summed E-state index contributed by atoms with van der Waals surface area (Å²) in [5.41, 5.74) is 25.7. The Bertz CT molecular complexity index is 3590. The molecule has 6 nitrogen and oxygen atoms in total. The largest absolute Gasteiger partial charge is 0.312 e. The predicted octanol–water partition coefficient (Wildman–Crippen LogP) is 16.2. The summed E-state index contributed by atoms with van der Waals surface area (Å²) >= 11 is 0. The molecule has 354 valence electrons. The Balaban J connectivity index is 0.811. The summed E-state index contributed by atoms with van der Waals surface area (Å²) in [6.07, 6.45) is 2.53. The number of anilines is 6. The van der Waals surface area contributed by atoms with E-state index < -0.39 is 0 Å². The van der Waals surface area contributed by atoms with E-state index in [0.717, 1.165) is 52.9 Å². The van der Waals surface area contributed by atoms with Gasteiger partial charge in [0.05, 0.1) is 17.1 Å². The minimum absolute atomic E-state index is 0.257. The van der Waals surface area contributed by atoms with E-state index in [1.54, 1.807) is 0 Å². The third kappa shape index (κ3) is 8.66. The summed E-state index contributed by atoms with van der Waals surface area (Å²) in [4.78, 5) is 4.65. The number of nitrogens with zero attached hydrogens (tertiary/aromatic N) is 3. The lowest BCUT2D eigenvalue weighted by Gasteiger charge is -2.43. The molecular weight excluding hydrogens is 889 g/mol. The summed E-state index contributed by atoms with van der Waals surface area (Å²) in [5, 5.41) is 6.23. The van der Waals surface area contributed by atoms with Crippen LogP contribution in [0.3, 0.4) is 0 Å². The monoisotopic (exact) mass is 944 g/mol. The van der Waals surface area contributed by atoms with E-state index in [1.165, 1.54) is 73.6 Å². The molecule has 11 aromatic rings. The van der Waals surface area contributed by atoms with Crippen molar-refractivity contribution in [3.63, 3.8) is 0 Å². The van der Waals surface area contributed by atoms with Gasteiger partial charge in [0.25, 0.3) is 0 Å². The van der Waals surface area contributed by atoms with Crippen LogP contribution < -0.4 is 26.0 Å². The molecule has 13 rings (SSSR count). The van der Waals surface area contributed by atoms with Crippen LogP contribution in [0.1, 0.15) is 24.4 Å².